The monoisotopic (exact) mass is 205 g/mol. The van der Waals surface area contributed by atoms with Crippen molar-refractivity contribution in [2.75, 3.05) is 7.11 Å². The lowest BCUT2D eigenvalue weighted by atomic mass is 10.1. The Labute approximate surface area is 89.7 Å². The Hall–Kier alpha value is -1.64. The Morgan fingerprint density at radius 1 is 1.40 bits per heavy atom. The van der Waals surface area contributed by atoms with Gasteiger partial charge >= 0.3 is 0 Å². The third-order valence-electron chi connectivity index (χ3n) is 2.18. The topological polar surface area (TPSA) is 38.7 Å². The molecule has 0 aromatic heterocycles. The van der Waals surface area contributed by atoms with Gasteiger partial charge in [-0.15, -0.1) is 0 Å². The van der Waals surface area contributed by atoms with E-state index in [1.54, 1.807) is 7.11 Å². The van der Waals surface area contributed by atoms with Gasteiger partial charge in [0, 0.05) is 0 Å². The number of rotatable bonds is 5. The molecule has 0 fully saturated rings. The molecule has 80 valence electrons. The van der Waals surface area contributed by atoms with Crippen molar-refractivity contribution >= 4 is 6.08 Å². The first kappa shape index (κ1) is 11.4. The van der Waals surface area contributed by atoms with Crippen molar-refractivity contribution in [2.45, 2.75) is 19.4 Å². The molecule has 3 nitrogen and oxygen atoms in total. The van der Waals surface area contributed by atoms with Gasteiger partial charge in [-0.2, -0.15) is 4.91 Å². The zero-order valence-electron chi connectivity index (χ0n) is 9.01. The second-order valence-corrected chi connectivity index (χ2v) is 3.21. The van der Waals surface area contributed by atoms with E-state index in [9.17, 15) is 4.91 Å². The van der Waals surface area contributed by atoms with Crippen LogP contribution in [0.5, 0.6) is 5.75 Å². The van der Waals surface area contributed by atoms with Gasteiger partial charge in [-0.3, -0.25) is 0 Å². The van der Waals surface area contributed by atoms with E-state index in [0.29, 0.717) is 0 Å². The van der Waals surface area contributed by atoms with Gasteiger partial charge in [0.25, 0.3) is 0 Å². The summed E-state index contributed by atoms with van der Waals surface area (Å²) in [5, 5.41) is 2.99. The molecule has 0 bridgehead atoms. The zero-order chi connectivity index (χ0) is 11.1. The fraction of sp³-hybridized carbons (Fsp3) is 0.333. The summed E-state index contributed by atoms with van der Waals surface area (Å²) >= 11 is 0. The normalized spacial score (nSPS) is 12.7. The van der Waals surface area contributed by atoms with Crippen molar-refractivity contribution in [3.05, 3.63) is 40.8 Å². The number of benzene rings is 1. The number of methoxy groups -OCH3 is 1. The maximum atomic E-state index is 10.3. The third-order valence-corrected chi connectivity index (χ3v) is 2.18. The molecular weight excluding hydrogens is 190 g/mol. The molecule has 0 aliphatic carbocycles. The summed E-state index contributed by atoms with van der Waals surface area (Å²) in [6.45, 7) is 1.93. The molecule has 0 amide bonds. The van der Waals surface area contributed by atoms with Crippen LogP contribution >= 0.6 is 0 Å². The van der Waals surface area contributed by atoms with E-state index < -0.39 is 0 Å². The summed E-state index contributed by atoms with van der Waals surface area (Å²) in [6, 6.07) is 7.41. The Morgan fingerprint density at radius 2 is 2.07 bits per heavy atom. The lowest BCUT2D eigenvalue weighted by molar-refractivity contribution is 0.415. The minimum atomic E-state index is -0.230. The first-order valence-electron chi connectivity index (χ1n) is 4.95. The van der Waals surface area contributed by atoms with Crippen LogP contribution in [0.15, 0.2) is 35.5 Å². The molecule has 1 unspecified atom stereocenters. The van der Waals surface area contributed by atoms with E-state index in [-0.39, 0.29) is 6.04 Å². The maximum Gasteiger partial charge on any atom is 0.118 e. The summed E-state index contributed by atoms with van der Waals surface area (Å²) in [4.78, 5) is 10.3. The van der Waals surface area contributed by atoms with Crippen LogP contribution in [-0.2, 0) is 0 Å². The molecule has 0 spiro atoms. The van der Waals surface area contributed by atoms with Crippen LogP contribution in [0.2, 0.25) is 0 Å². The number of hydrogen-bond donors (Lipinski definition) is 0. The molecule has 0 aliphatic heterocycles. The van der Waals surface area contributed by atoms with Crippen LogP contribution < -0.4 is 4.74 Å². The Bertz CT molecular complexity index is 330. The highest BCUT2D eigenvalue weighted by molar-refractivity contribution is 5.51. The van der Waals surface area contributed by atoms with Crippen molar-refractivity contribution in [3.8, 4) is 5.75 Å². The predicted octanol–water partition coefficient (Wildman–Crippen LogP) is 3.25. The van der Waals surface area contributed by atoms with Gasteiger partial charge in [-0.1, -0.05) is 36.4 Å². The molecule has 0 saturated heterocycles. The van der Waals surface area contributed by atoms with Gasteiger partial charge in [0.2, 0.25) is 0 Å². The molecule has 15 heavy (non-hydrogen) atoms. The maximum absolute atomic E-state index is 10.3. The minimum absolute atomic E-state index is 0.230. The lowest BCUT2D eigenvalue weighted by Gasteiger charge is -2.00. The molecule has 0 heterocycles. The van der Waals surface area contributed by atoms with Crippen molar-refractivity contribution in [2.24, 2.45) is 5.18 Å². The van der Waals surface area contributed by atoms with Crippen molar-refractivity contribution in [1.29, 1.82) is 0 Å². The van der Waals surface area contributed by atoms with E-state index in [4.69, 9.17) is 4.74 Å². The minimum Gasteiger partial charge on any atom is -0.497 e. The third kappa shape index (κ3) is 3.54. The Morgan fingerprint density at radius 3 is 2.53 bits per heavy atom. The summed E-state index contributed by atoms with van der Waals surface area (Å²) in [5.74, 6) is 0.827. The van der Waals surface area contributed by atoms with Gasteiger partial charge in [0.15, 0.2) is 0 Å². The van der Waals surface area contributed by atoms with Gasteiger partial charge in [0.1, 0.15) is 11.8 Å². The molecule has 0 N–H and O–H groups in total. The lowest BCUT2D eigenvalue weighted by Crippen LogP contribution is -1.94. The molecule has 1 aromatic rings. The molecule has 0 radical (unpaired) electrons. The number of ether oxygens (including phenoxy) is 1. The largest absolute Gasteiger partial charge is 0.497 e. The van der Waals surface area contributed by atoms with Crippen LogP contribution in [0.4, 0.5) is 0 Å². The second-order valence-electron chi connectivity index (χ2n) is 3.21. The number of hydrogen-bond acceptors (Lipinski definition) is 3. The highest BCUT2D eigenvalue weighted by Gasteiger charge is 1.98. The molecule has 1 rings (SSSR count). The van der Waals surface area contributed by atoms with Crippen LogP contribution in [0.1, 0.15) is 18.9 Å². The van der Waals surface area contributed by atoms with Gasteiger partial charge in [-0.05, 0) is 24.1 Å². The summed E-state index contributed by atoms with van der Waals surface area (Å²) in [5.41, 5.74) is 1.04. The summed E-state index contributed by atoms with van der Waals surface area (Å²) < 4.78 is 5.04. The standard InChI is InChI=1S/C12H15NO2/c1-3-11(13-14)7-4-10-5-8-12(15-2)9-6-10/h4-9,11H,3H2,1-2H3. The average Bonchev–Trinajstić information content (AvgIpc) is 2.31. The Kier molecular flexibility index (Phi) is 4.54. The van der Waals surface area contributed by atoms with Crippen LogP contribution in [0, 0.1) is 4.91 Å². The molecule has 1 atom stereocenters. The van der Waals surface area contributed by atoms with Crippen LogP contribution in [0.25, 0.3) is 6.08 Å². The SMILES string of the molecule is CCC(C=Cc1ccc(OC)cc1)N=O. The molecule has 3 heteroatoms. The van der Waals surface area contributed by atoms with E-state index in [1.807, 2.05) is 43.3 Å². The van der Waals surface area contributed by atoms with Gasteiger partial charge in [-0.25, -0.2) is 0 Å². The van der Waals surface area contributed by atoms with E-state index >= 15 is 0 Å². The van der Waals surface area contributed by atoms with Crippen molar-refractivity contribution < 1.29 is 4.74 Å². The molecular formula is C12H15NO2. The highest BCUT2D eigenvalue weighted by atomic mass is 16.5. The molecule has 1 aromatic carbocycles. The fourth-order valence-corrected chi connectivity index (χ4v) is 1.18. The fourth-order valence-electron chi connectivity index (χ4n) is 1.18. The zero-order valence-corrected chi connectivity index (χ0v) is 9.01. The van der Waals surface area contributed by atoms with Gasteiger partial charge in [0.05, 0.1) is 7.11 Å². The van der Waals surface area contributed by atoms with Crippen LogP contribution in [0.3, 0.4) is 0 Å². The Balaban J connectivity index is 2.67. The number of nitroso groups, excluding NO2 is 1. The van der Waals surface area contributed by atoms with Crippen molar-refractivity contribution in [3.63, 3.8) is 0 Å². The molecule has 0 saturated carbocycles. The smallest absolute Gasteiger partial charge is 0.118 e. The van der Waals surface area contributed by atoms with Gasteiger partial charge < -0.3 is 4.74 Å². The van der Waals surface area contributed by atoms with E-state index in [1.165, 1.54) is 0 Å². The number of nitrogens with zero attached hydrogens (tertiary/aromatic N) is 1. The summed E-state index contributed by atoms with van der Waals surface area (Å²) in [6.07, 6.45) is 4.44. The molecule has 0 aliphatic rings. The summed E-state index contributed by atoms with van der Waals surface area (Å²) in [7, 11) is 1.63. The highest BCUT2D eigenvalue weighted by Crippen LogP contribution is 2.13. The average molecular weight is 205 g/mol. The quantitative estimate of drug-likeness (QED) is 0.692. The van der Waals surface area contributed by atoms with Crippen molar-refractivity contribution in [1.82, 2.24) is 0 Å². The van der Waals surface area contributed by atoms with E-state index in [2.05, 4.69) is 5.18 Å². The first-order valence-corrected chi connectivity index (χ1v) is 4.95. The first-order chi connectivity index (χ1) is 7.30. The second kappa shape index (κ2) is 5.96. The van der Waals surface area contributed by atoms with Crippen LogP contribution in [-0.4, -0.2) is 13.2 Å². The van der Waals surface area contributed by atoms with E-state index in [0.717, 1.165) is 17.7 Å². The predicted molar refractivity (Wildman–Crippen MR) is 61.9 cm³/mol.